The van der Waals surface area contributed by atoms with Crippen LogP contribution in [0.25, 0.3) is 6.08 Å². The first-order chi connectivity index (χ1) is 12.8. The van der Waals surface area contributed by atoms with E-state index in [1.807, 2.05) is 56.0 Å². The Morgan fingerprint density at radius 3 is 2.33 bits per heavy atom. The molecule has 5 nitrogen and oxygen atoms in total. The van der Waals surface area contributed by atoms with Crippen molar-refractivity contribution >= 4 is 17.9 Å². The van der Waals surface area contributed by atoms with E-state index in [0.29, 0.717) is 6.54 Å². The Morgan fingerprint density at radius 1 is 1.11 bits per heavy atom. The molecule has 1 heterocycles. The highest BCUT2D eigenvalue weighted by molar-refractivity contribution is 5.91. The molecule has 1 fully saturated rings. The maximum atomic E-state index is 12.5. The smallest absolute Gasteiger partial charge is 0.244 e. The van der Waals surface area contributed by atoms with Gasteiger partial charge in [0.1, 0.15) is 0 Å². The molecule has 0 aromatic heterocycles. The summed E-state index contributed by atoms with van der Waals surface area (Å²) in [4.78, 5) is 28.7. The Labute approximate surface area is 163 Å². The molecule has 0 unspecified atom stereocenters. The molecule has 1 aromatic rings. The van der Waals surface area contributed by atoms with Crippen LogP contribution in [0.3, 0.4) is 0 Å². The van der Waals surface area contributed by atoms with Crippen molar-refractivity contribution in [1.29, 1.82) is 0 Å². The van der Waals surface area contributed by atoms with Crippen LogP contribution in [0.2, 0.25) is 0 Å². The first-order valence-electron chi connectivity index (χ1n) is 9.86. The van der Waals surface area contributed by atoms with Crippen LogP contribution < -0.4 is 5.32 Å². The summed E-state index contributed by atoms with van der Waals surface area (Å²) in [5.74, 6) is 0.174. The number of benzene rings is 1. The monoisotopic (exact) mass is 371 g/mol. The minimum Gasteiger partial charge on any atom is -0.351 e. The van der Waals surface area contributed by atoms with Gasteiger partial charge in [0, 0.05) is 50.8 Å². The van der Waals surface area contributed by atoms with Crippen LogP contribution in [-0.2, 0) is 9.59 Å². The topological polar surface area (TPSA) is 52.7 Å². The van der Waals surface area contributed by atoms with E-state index in [1.54, 1.807) is 6.08 Å². The van der Waals surface area contributed by atoms with Crippen LogP contribution in [0, 0.1) is 12.3 Å². The van der Waals surface area contributed by atoms with Crippen molar-refractivity contribution in [2.45, 2.75) is 34.1 Å². The van der Waals surface area contributed by atoms with Gasteiger partial charge in [-0.05, 0) is 25.0 Å². The fourth-order valence-corrected chi connectivity index (χ4v) is 3.00. The van der Waals surface area contributed by atoms with Crippen molar-refractivity contribution in [1.82, 2.24) is 15.1 Å². The van der Waals surface area contributed by atoms with Crippen LogP contribution in [0.1, 0.15) is 38.3 Å². The summed E-state index contributed by atoms with van der Waals surface area (Å²) >= 11 is 0. The molecular formula is C22H33N3O2. The van der Waals surface area contributed by atoms with Crippen LogP contribution in [0.15, 0.2) is 30.3 Å². The zero-order valence-electron chi connectivity index (χ0n) is 17.1. The molecule has 1 N–H and O–H groups in total. The second-order valence-electron chi connectivity index (χ2n) is 7.91. The van der Waals surface area contributed by atoms with Gasteiger partial charge >= 0.3 is 0 Å². The molecule has 0 saturated carbocycles. The van der Waals surface area contributed by atoms with Crippen LogP contribution in [-0.4, -0.2) is 60.9 Å². The van der Waals surface area contributed by atoms with Crippen molar-refractivity contribution in [3.63, 3.8) is 0 Å². The van der Waals surface area contributed by atoms with Gasteiger partial charge in [0.25, 0.3) is 0 Å². The number of hydrogen-bond acceptors (Lipinski definition) is 3. The lowest BCUT2D eigenvalue weighted by molar-refractivity contribution is -0.142. The maximum absolute atomic E-state index is 12.5. The number of rotatable bonds is 7. The summed E-state index contributed by atoms with van der Waals surface area (Å²) in [5, 5.41) is 2.93. The lowest BCUT2D eigenvalue weighted by atomic mass is 9.88. The summed E-state index contributed by atoms with van der Waals surface area (Å²) in [5.41, 5.74) is 1.95. The average Bonchev–Trinajstić information content (AvgIpc) is 2.67. The molecule has 1 saturated heterocycles. The predicted molar refractivity (Wildman–Crippen MR) is 110 cm³/mol. The van der Waals surface area contributed by atoms with Gasteiger partial charge in [-0.3, -0.25) is 14.5 Å². The summed E-state index contributed by atoms with van der Waals surface area (Å²) in [6.45, 7) is 12.8. The summed E-state index contributed by atoms with van der Waals surface area (Å²) in [6, 6.07) is 8.06. The maximum Gasteiger partial charge on any atom is 0.244 e. The fraction of sp³-hybridized carbons (Fsp3) is 0.545. The zero-order chi connectivity index (χ0) is 19.9. The SMILES string of the molecule is CCC(C)(C)C(=O)N1CCN(CCNC(=O)/C=C/c2ccc(C)cc2)CC1. The minimum absolute atomic E-state index is 0.0749. The quantitative estimate of drug-likeness (QED) is 0.750. The average molecular weight is 372 g/mol. The van der Waals surface area contributed by atoms with E-state index in [4.69, 9.17) is 0 Å². The zero-order valence-corrected chi connectivity index (χ0v) is 17.1. The molecule has 148 valence electrons. The Kier molecular flexibility index (Phi) is 7.60. The number of hydrogen-bond donors (Lipinski definition) is 1. The summed E-state index contributed by atoms with van der Waals surface area (Å²) in [7, 11) is 0. The lowest BCUT2D eigenvalue weighted by Gasteiger charge is -2.38. The molecule has 1 aliphatic rings. The number of carbonyl (C=O) groups is 2. The molecule has 2 amide bonds. The van der Waals surface area contributed by atoms with E-state index in [1.165, 1.54) is 5.56 Å². The summed E-state index contributed by atoms with van der Waals surface area (Å²) < 4.78 is 0. The number of nitrogens with one attached hydrogen (secondary N) is 1. The second-order valence-corrected chi connectivity index (χ2v) is 7.91. The van der Waals surface area contributed by atoms with E-state index in [-0.39, 0.29) is 17.2 Å². The molecular weight excluding hydrogens is 338 g/mol. The molecule has 27 heavy (non-hydrogen) atoms. The molecule has 2 rings (SSSR count). The number of nitrogens with zero attached hydrogens (tertiary/aromatic N) is 2. The normalized spacial score (nSPS) is 15.9. The number of aryl methyl sites for hydroxylation is 1. The van der Waals surface area contributed by atoms with Gasteiger partial charge < -0.3 is 10.2 Å². The van der Waals surface area contributed by atoms with Crippen LogP contribution in [0.5, 0.6) is 0 Å². The van der Waals surface area contributed by atoms with Crippen LogP contribution >= 0.6 is 0 Å². The van der Waals surface area contributed by atoms with Crippen molar-refractivity contribution < 1.29 is 9.59 Å². The molecule has 1 aliphatic heterocycles. The molecule has 0 atom stereocenters. The van der Waals surface area contributed by atoms with E-state index in [0.717, 1.165) is 44.7 Å². The lowest BCUT2D eigenvalue weighted by Crippen LogP contribution is -2.53. The first kappa shape index (κ1) is 21.2. The Hall–Kier alpha value is -2.14. The number of piperazine rings is 1. The highest BCUT2D eigenvalue weighted by Crippen LogP contribution is 2.23. The van der Waals surface area contributed by atoms with Crippen molar-refractivity contribution in [2.75, 3.05) is 39.3 Å². The van der Waals surface area contributed by atoms with Crippen molar-refractivity contribution in [2.24, 2.45) is 5.41 Å². The fourth-order valence-electron chi connectivity index (χ4n) is 3.00. The molecule has 1 aromatic carbocycles. The highest BCUT2D eigenvalue weighted by atomic mass is 16.2. The third kappa shape index (κ3) is 6.51. The number of amides is 2. The first-order valence-corrected chi connectivity index (χ1v) is 9.86. The van der Waals surface area contributed by atoms with Gasteiger partial charge in [-0.1, -0.05) is 50.6 Å². The van der Waals surface area contributed by atoms with Gasteiger partial charge in [-0.25, -0.2) is 0 Å². The standard InChI is InChI=1S/C22H33N3O2/c1-5-22(3,4)21(27)25-16-14-24(15-17-25)13-12-23-20(26)11-10-19-8-6-18(2)7-9-19/h6-11H,5,12-17H2,1-4H3,(H,23,26)/b11-10+. The van der Waals surface area contributed by atoms with E-state index < -0.39 is 0 Å². The predicted octanol–water partition coefficient (Wildman–Crippen LogP) is 2.70. The van der Waals surface area contributed by atoms with Gasteiger partial charge in [0.05, 0.1) is 0 Å². The van der Waals surface area contributed by atoms with Gasteiger partial charge in [-0.15, -0.1) is 0 Å². The summed E-state index contributed by atoms with van der Waals surface area (Å²) in [6.07, 6.45) is 4.26. The largest absolute Gasteiger partial charge is 0.351 e. The van der Waals surface area contributed by atoms with Gasteiger partial charge in [0.15, 0.2) is 0 Å². The molecule has 0 aliphatic carbocycles. The highest BCUT2D eigenvalue weighted by Gasteiger charge is 2.31. The number of carbonyl (C=O) groups excluding carboxylic acids is 2. The third-order valence-electron chi connectivity index (χ3n) is 5.35. The van der Waals surface area contributed by atoms with Gasteiger partial charge in [0.2, 0.25) is 11.8 Å². The third-order valence-corrected chi connectivity index (χ3v) is 5.35. The van der Waals surface area contributed by atoms with E-state index in [9.17, 15) is 9.59 Å². The minimum atomic E-state index is -0.278. The Balaban J connectivity index is 1.67. The Bertz CT molecular complexity index is 657. The molecule has 5 heteroatoms. The second kappa shape index (κ2) is 9.70. The van der Waals surface area contributed by atoms with E-state index in [2.05, 4.69) is 17.1 Å². The van der Waals surface area contributed by atoms with E-state index >= 15 is 0 Å². The molecule has 0 radical (unpaired) electrons. The van der Waals surface area contributed by atoms with Crippen LogP contribution in [0.4, 0.5) is 0 Å². The van der Waals surface area contributed by atoms with Crippen molar-refractivity contribution in [3.05, 3.63) is 41.5 Å². The molecule has 0 bridgehead atoms. The van der Waals surface area contributed by atoms with Gasteiger partial charge in [-0.2, -0.15) is 0 Å². The van der Waals surface area contributed by atoms with Crippen molar-refractivity contribution in [3.8, 4) is 0 Å². The molecule has 0 spiro atoms. The Morgan fingerprint density at radius 2 is 1.74 bits per heavy atom.